The zero-order valence-corrected chi connectivity index (χ0v) is 8.87. The Labute approximate surface area is 88.2 Å². The van der Waals surface area contributed by atoms with E-state index in [2.05, 4.69) is 9.71 Å². The van der Waals surface area contributed by atoms with Gasteiger partial charge in [-0.05, 0) is 30.9 Å². The standard InChI is InChI=1S/C9H12N2O3S/c12-8-2-1-5-10-9(8)11-15(13,14)6-7-3-4-7/h1-2,5,7,12H,3-4,6H2,(H,10,11). The first-order valence-electron chi connectivity index (χ1n) is 4.71. The van der Waals surface area contributed by atoms with Crippen molar-refractivity contribution < 1.29 is 13.5 Å². The third kappa shape index (κ3) is 2.82. The SMILES string of the molecule is O=S(=O)(CC1CC1)Nc1ncccc1O. The Bertz CT molecular complexity index is 454. The average molecular weight is 228 g/mol. The molecule has 0 saturated heterocycles. The van der Waals surface area contributed by atoms with Crippen molar-refractivity contribution >= 4 is 15.8 Å². The van der Waals surface area contributed by atoms with Crippen LogP contribution in [0.15, 0.2) is 18.3 Å². The van der Waals surface area contributed by atoms with Crippen LogP contribution in [-0.4, -0.2) is 24.3 Å². The molecule has 0 bridgehead atoms. The van der Waals surface area contributed by atoms with E-state index >= 15 is 0 Å². The Morgan fingerprint density at radius 2 is 2.27 bits per heavy atom. The first-order chi connectivity index (χ1) is 7.07. The molecule has 82 valence electrons. The van der Waals surface area contributed by atoms with Gasteiger partial charge in [0.25, 0.3) is 0 Å². The van der Waals surface area contributed by atoms with Gasteiger partial charge in [0, 0.05) is 6.20 Å². The van der Waals surface area contributed by atoms with Gasteiger partial charge in [0.15, 0.2) is 11.6 Å². The quantitative estimate of drug-likeness (QED) is 0.803. The van der Waals surface area contributed by atoms with Gasteiger partial charge in [-0.1, -0.05) is 0 Å². The second-order valence-corrected chi connectivity index (χ2v) is 5.46. The highest BCUT2D eigenvalue weighted by Gasteiger charge is 2.28. The molecular formula is C9H12N2O3S. The largest absolute Gasteiger partial charge is 0.504 e. The molecule has 1 aliphatic carbocycles. The number of nitrogens with zero attached hydrogens (tertiary/aromatic N) is 1. The minimum atomic E-state index is -3.37. The van der Waals surface area contributed by atoms with Crippen LogP contribution in [0, 0.1) is 5.92 Å². The van der Waals surface area contributed by atoms with E-state index in [0.717, 1.165) is 12.8 Å². The average Bonchev–Trinajstić information content (AvgIpc) is 2.91. The molecule has 0 spiro atoms. The lowest BCUT2D eigenvalue weighted by Crippen LogP contribution is -2.18. The zero-order chi connectivity index (χ0) is 10.9. The van der Waals surface area contributed by atoms with Gasteiger partial charge < -0.3 is 5.11 Å². The summed E-state index contributed by atoms with van der Waals surface area (Å²) in [5.74, 6) is 0.228. The molecule has 5 nitrogen and oxygen atoms in total. The van der Waals surface area contributed by atoms with Gasteiger partial charge in [-0.3, -0.25) is 4.72 Å². The summed E-state index contributed by atoms with van der Waals surface area (Å²) in [5.41, 5.74) is 0. The van der Waals surface area contributed by atoms with Crippen LogP contribution < -0.4 is 4.72 Å². The smallest absolute Gasteiger partial charge is 0.234 e. The predicted molar refractivity (Wildman–Crippen MR) is 56.0 cm³/mol. The van der Waals surface area contributed by atoms with Gasteiger partial charge in [0.1, 0.15) is 0 Å². The molecule has 1 aromatic heterocycles. The number of anilines is 1. The van der Waals surface area contributed by atoms with Crippen LogP contribution in [-0.2, 0) is 10.0 Å². The molecule has 1 fully saturated rings. The van der Waals surface area contributed by atoms with Crippen LogP contribution in [0.5, 0.6) is 5.75 Å². The van der Waals surface area contributed by atoms with Gasteiger partial charge in [0.2, 0.25) is 10.0 Å². The summed E-state index contributed by atoms with van der Waals surface area (Å²) in [4.78, 5) is 3.75. The van der Waals surface area contributed by atoms with Gasteiger partial charge >= 0.3 is 0 Å². The number of rotatable bonds is 4. The molecule has 0 radical (unpaired) electrons. The minimum Gasteiger partial charge on any atom is -0.504 e. The van der Waals surface area contributed by atoms with Gasteiger partial charge in [-0.15, -0.1) is 0 Å². The Hall–Kier alpha value is -1.30. The lowest BCUT2D eigenvalue weighted by atomic mass is 10.4. The Morgan fingerprint density at radius 3 is 2.87 bits per heavy atom. The van der Waals surface area contributed by atoms with Crippen molar-refractivity contribution in [2.24, 2.45) is 5.92 Å². The summed E-state index contributed by atoms with van der Waals surface area (Å²) in [6, 6.07) is 2.93. The van der Waals surface area contributed by atoms with Crippen molar-refractivity contribution in [2.75, 3.05) is 10.5 Å². The van der Waals surface area contributed by atoms with E-state index in [1.807, 2.05) is 0 Å². The lowest BCUT2D eigenvalue weighted by molar-refractivity contribution is 0.475. The molecular weight excluding hydrogens is 216 g/mol. The number of hydrogen-bond donors (Lipinski definition) is 2. The maximum Gasteiger partial charge on any atom is 0.234 e. The van der Waals surface area contributed by atoms with Gasteiger partial charge in [0.05, 0.1) is 5.75 Å². The maximum atomic E-state index is 11.5. The number of hydrogen-bond acceptors (Lipinski definition) is 4. The fourth-order valence-electron chi connectivity index (χ4n) is 1.26. The van der Waals surface area contributed by atoms with E-state index in [0.29, 0.717) is 0 Å². The number of aromatic nitrogens is 1. The van der Waals surface area contributed by atoms with Crippen LogP contribution in [0.2, 0.25) is 0 Å². The second kappa shape index (κ2) is 3.69. The molecule has 0 unspecified atom stereocenters. The second-order valence-electron chi connectivity index (χ2n) is 3.70. The lowest BCUT2D eigenvalue weighted by Gasteiger charge is -2.07. The molecule has 2 rings (SSSR count). The van der Waals surface area contributed by atoms with Gasteiger partial charge in [-0.25, -0.2) is 13.4 Å². The number of pyridine rings is 1. The summed E-state index contributed by atoms with van der Waals surface area (Å²) >= 11 is 0. The summed E-state index contributed by atoms with van der Waals surface area (Å²) in [5, 5.41) is 9.33. The molecule has 1 aromatic rings. The van der Waals surface area contributed by atoms with E-state index in [1.165, 1.54) is 18.3 Å². The molecule has 2 N–H and O–H groups in total. The molecule has 0 atom stereocenters. The molecule has 6 heteroatoms. The molecule has 0 amide bonds. The van der Waals surface area contributed by atoms with Crippen molar-refractivity contribution in [1.82, 2.24) is 4.98 Å². The van der Waals surface area contributed by atoms with E-state index in [-0.39, 0.29) is 23.2 Å². The first-order valence-corrected chi connectivity index (χ1v) is 6.36. The van der Waals surface area contributed by atoms with Crippen LogP contribution in [0.1, 0.15) is 12.8 Å². The van der Waals surface area contributed by atoms with E-state index < -0.39 is 10.0 Å². The van der Waals surface area contributed by atoms with Crippen LogP contribution >= 0.6 is 0 Å². The van der Waals surface area contributed by atoms with Crippen LogP contribution in [0.3, 0.4) is 0 Å². The molecule has 0 aliphatic heterocycles. The predicted octanol–water partition coefficient (Wildman–Crippen LogP) is 0.939. The van der Waals surface area contributed by atoms with Gasteiger partial charge in [-0.2, -0.15) is 0 Å². The highest BCUT2D eigenvalue weighted by Crippen LogP contribution is 2.31. The van der Waals surface area contributed by atoms with Crippen LogP contribution in [0.25, 0.3) is 0 Å². The minimum absolute atomic E-state index is 0.00171. The van der Waals surface area contributed by atoms with E-state index in [4.69, 9.17) is 0 Å². The fraction of sp³-hybridized carbons (Fsp3) is 0.444. The highest BCUT2D eigenvalue weighted by molar-refractivity contribution is 7.92. The van der Waals surface area contributed by atoms with Crippen molar-refractivity contribution in [3.8, 4) is 5.75 Å². The number of sulfonamides is 1. The monoisotopic (exact) mass is 228 g/mol. The van der Waals surface area contributed by atoms with Crippen molar-refractivity contribution in [3.63, 3.8) is 0 Å². The molecule has 1 heterocycles. The summed E-state index contributed by atoms with van der Waals surface area (Å²) < 4.78 is 25.3. The maximum absolute atomic E-state index is 11.5. The normalized spacial score (nSPS) is 16.3. The fourth-order valence-corrected chi connectivity index (χ4v) is 2.75. The van der Waals surface area contributed by atoms with Crippen LogP contribution in [0.4, 0.5) is 5.82 Å². The van der Waals surface area contributed by atoms with E-state index in [9.17, 15) is 13.5 Å². The molecule has 1 aliphatic rings. The number of aromatic hydroxyl groups is 1. The molecule has 0 aromatic carbocycles. The topological polar surface area (TPSA) is 79.3 Å². The third-order valence-electron chi connectivity index (χ3n) is 2.19. The highest BCUT2D eigenvalue weighted by atomic mass is 32.2. The molecule has 1 saturated carbocycles. The Kier molecular flexibility index (Phi) is 2.52. The summed E-state index contributed by atoms with van der Waals surface area (Å²) in [7, 11) is -3.37. The van der Waals surface area contributed by atoms with Crippen molar-refractivity contribution in [3.05, 3.63) is 18.3 Å². The summed E-state index contributed by atoms with van der Waals surface area (Å²) in [6.45, 7) is 0. The Morgan fingerprint density at radius 1 is 1.53 bits per heavy atom. The third-order valence-corrected chi connectivity index (χ3v) is 3.61. The summed E-state index contributed by atoms with van der Waals surface area (Å²) in [6.07, 6.45) is 3.36. The molecule has 15 heavy (non-hydrogen) atoms. The Balaban J connectivity index is 2.10. The number of nitrogens with one attached hydrogen (secondary N) is 1. The first kappa shape index (κ1) is 10.2. The van der Waals surface area contributed by atoms with E-state index in [1.54, 1.807) is 0 Å². The van der Waals surface area contributed by atoms with Crippen molar-refractivity contribution in [2.45, 2.75) is 12.8 Å². The van der Waals surface area contributed by atoms with Crippen molar-refractivity contribution in [1.29, 1.82) is 0 Å². The zero-order valence-electron chi connectivity index (χ0n) is 8.05.